The fourth-order valence-corrected chi connectivity index (χ4v) is 2.73. The van der Waals surface area contributed by atoms with Crippen molar-refractivity contribution in [1.82, 2.24) is 14.7 Å². The van der Waals surface area contributed by atoms with E-state index in [1.54, 1.807) is 11.8 Å². The first kappa shape index (κ1) is 19.5. The lowest BCUT2D eigenvalue weighted by Crippen LogP contribution is -2.31. The first-order valence-electron chi connectivity index (χ1n) is 7.68. The average molecular weight is 339 g/mol. The number of methoxy groups -OCH3 is 1. The van der Waals surface area contributed by atoms with Crippen LogP contribution in [0.1, 0.15) is 16.8 Å². The molecular weight excluding hydrogens is 312 g/mol. The molecule has 5 nitrogen and oxygen atoms in total. The second-order valence-corrected chi connectivity index (χ2v) is 5.50. The summed E-state index contributed by atoms with van der Waals surface area (Å²) in [5.41, 5.74) is 9.28. The zero-order valence-electron chi connectivity index (χ0n) is 14.2. The Labute approximate surface area is 144 Å². The van der Waals surface area contributed by atoms with E-state index in [4.69, 9.17) is 10.5 Å². The van der Waals surface area contributed by atoms with Crippen LogP contribution < -0.4 is 10.5 Å². The van der Waals surface area contributed by atoms with Crippen LogP contribution in [0, 0.1) is 6.92 Å². The largest absolute Gasteiger partial charge is 0.481 e. The van der Waals surface area contributed by atoms with Gasteiger partial charge in [-0.05, 0) is 18.9 Å². The van der Waals surface area contributed by atoms with Crippen molar-refractivity contribution in [3.63, 3.8) is 0 Å². The van der Waals surface area contributed by atoms with Crippen molar-refractivity contribution in [2.75, 3.05) is 26.7 Å². The van der Waals surface area contributed by atoms with Crippen molar-refractivity contribution >= 4 is 12.4 Å². The van der Waals surface area contributed by atoms with Gasteiger partial charge < -0.3 is 10.5 Å². The van der Waals surface area contributed by atoms with Gasteiger partial charge in [0.05, 0.1) is 18.4 Å². The summed E-state index contributed by atoms with van der Waals surface area (Å²) in [6.45, 7) is 5.32. The van der Waals surface area contributed by atoms with Gasteiger partial charge in [-0.3, -0.25) is 4.90 Å². The summed E-state index contributed by atoms with van der Waals surface area (Å²) in [6.07, 6.45) is 1.02. The highest BCUT2D eigenvalue weighted by Gasteiger charge is 2.17. The molecule has 6 heteroatoms. The van der Waals surface area contributed by atoms with Crippen LogP contribution >= 0.6 is 12.4 Å². The number of benzene rings is 1. The summed E-state index contributed by atoms with van der Waals surface area (Å²) < 4.78 is 7.28. The second kappa shape index (κ2) is 9.55. The van der Waals surface area contributed by atoms with Crippen LogP contribution in [-0.4, -0.2) is 41.4 Å². The van der Waals surface area contributed by atoms with Gasteiger partial charge in [-0.15, -0.1) is 12.4 Å². The monoisotopic (exact) mass is 338 g/mol. The van der Waals surface area contributed by atoms with Gasteiger partial charge in [0, 0.05) is 33.2 Å². The van der Waals surface area contributed by atoms with Gasteiger partial charge in [0.15, 0.2) is 0 Å². The van der Waals surface area contributed by atoms with Gasteiger partial charge in [0.1, 0.15) is 0 Å². The van der Waals surface area contributed by atoms with E-state index in [1.165, 1.54) is 5.56 Å². The lowest BCUT2D eigenvalue weighted by molar-refractivity contribution is 0.269. The number of nitrogens with zero attached hydrogens (tertiary/aromatic N) is 3. The van der Waals surface area contributed by atoms with Crippen LogP contribution in [0.3, 0.4) is 0 Å². The molecule has 2 aromatic rings. The minimum atomic E-state index is 0. The Hall–Kier alpha value is -1.56. The number of ether oxygens (including phenoxy) is 1. The number of hydrogen-bond donors (Lipinski definition) is 1. The van der Waals surface area contributed by atoms with Crippen LogP contribution in [-0.2, 0) is 20.0 Å². The Morgan fingerprint density at radius 3 is 2.52 bits per heavy atom. The van der Waals surface area contributed by atoms with Gasteiger partial charge in [0.25, 0.3) is 0 Å². The molecule has 0 saturated heterocycles. The van der Waals surface area contributed by atoms with Crippen molar-refractivity contribution in [2.24, 2.45) is 12.8 Å². The molecule has 0 aliphatic heterocycles. The van der Waals surface area contributed by atoms with Gasteiger partial charge in [-0.25, -0.2) is 4.68 Å². The van der Waals surface area contributed by atoms with E-state index < -0.39 is 0 Å². The van der Waals surface area contributed by atoms with Crippen molar-refractivity contribution in [3.8, 4) is 5.88 Å². The fourth-order valence-electron chi connectivity index (χ4n) is 2.73. The molecule has 1 aromatic heterocycles. The molecule has 23 heavy (non-hydrogen) atoms. The molecular formula is C17H27ClN4O. The maximum atomic E-state index is 5.77. The van der Waals surface area contributed by atoms with Crippen molar-refractivity contribution < 1.29 is 4.74 Å². The summed E-state index contributed by atoms with van der Waals surface area (Å²) in [6, 6.07) is 10.5. The summed E-state index contributed by atoms with van der Waals surface area (Å²) in [5.74, 6) is 0.833. The third-order valence-electron chi connectivity index (χ3n) is 3.87. The van der Waals surface area contributed by atoms with E-state index in [0.717, 1.165) is 43.2 Å². The number of aromatic nitrogens is 2. The number of halogens is 1. The van der Waals surface area contributed by atoms with Crippen molar-refractivity contribution in [3.05, 3.63) is 47.2 Å². The molecule has 0 amide bonds. The summed E-state index contributed by atoms with van der Waals surface area (Å²) >= 11 is 0. The van der Waals surface area contributed by atoms with E-state index in [9.17, 15) is 0 Å². The Morgan fingerprint density at radius 1 is 1.22 bits per heavy atom. The first-order valence-corrected chi connectivity index (χ1v) is 7.68. The highest BCUT2D eigenvalue weighted by Crippen LogP contribution is 2.22. The van der Waals surface area contributed by atoms with Crippen LogP contribution in [0.5, 0.6) is 5.88 Å². The van der Waals surface area contributed by atoms with Gasteiger partial charge >= 0.3 is 0 Å². The molecule has 0 aliphatic carbocycles. The molecule has 1 heterocycles. The minimum Gasteiger partial charge on any atom is -0.481 e. The number of hydrogen-bond acceptors (Lipinski definition) is 4. The fraction of sp³-hybridized carbons (Fsp3) is 0.471. The van der Waals surface area contributed by atoms with Crippen molar-refractivity contribution in [2.45, 2.75) is 19.9 Å². The molecule has 0 unspecified atom stereocenters. The van der Waals surface area contributed by atoms with E-state index >= 15 is 0 Å². The molecule has 1 aromatic carbocycles. The molecule has 0 fully saturated rings. The summed E-state index contributed by atoms with van der Waals surface area (Å²) in [5, 5.41) is 4.45. The predicted molar refractivity (Wildman–Crippen MR) is 96.2 cm³/mol. The smallest absolute Gasteiger partial charge is 0.216 e. The standard InChI is InChI=1S/C17H26N4O.ClH/c1-14-16(17(22-3)20(2)19-14)13-21(12-10-18)11-9-15-7-5-4-6-8-15;/h4-8H,9-13,18H2,1-3H3;1H. The minimum absolute atomic E-state index is 0. The number of nitrogens with two attached hydrogens (primary N) is 1. The first-order chi connectivity index (χ1) is 10.7. The Bertz CT molecular complexity index is 586. The SMILES string of the molecule is COc1c(CN(CCN)CCc2ccccc2)c(C)nn1C.Cl. The molecule has 0 bridgehead atoms. The number of aryl methyl sites for hydroxylation is 2. The van der Waals surface area contributed by atoms with Gasteiger partial charge in [-0.2, -0.15) is 5.10 Å². The lowest BCUT2D eigenvalue weighted by atomic mass is 10.1. The highest BCUT2D eigenvalue weighted by molar-refractivity contribution is 5.85. The molecule has 128 valence electrons. The Morgan fingerprint density at radius 2 is 1.91 bits per heavy atom. The summed E-state index contributed by atoms with van der Waals surface area (Å²) in [4.78, 5) is 2.36. The predicted octanol–water partition coefficient (Wildman–Crippen LogP) is 2.16. The van der Waals surface area contributed by atoms with E-state index in [1.807, 2.05) is 20.0 Å². The van der Waals surface area contributed by atoms with Gasteiger partial charge in [0.2, 0.25) is 5.88 Å². The quantitative estimate of drug-likeness (QED) is 0.801. The molecule has 0 spiro atoms. The second-order valence-electron chi connectivity index (χ2n) is 5.50. The third kappa shape index (κ3) is 5.23. The molecule has 2 rings (SSSR count). The Kier molecular flexibility index (Phi) is 8.09. The van der Waals surface area contributed by atoms with Crippen LogP contribution in [0.15, 0.2) is 30.3 Å². The third-order valence-corrected chi connectivity index (χ3v) is 3.87. The topological polar surface area (TPSA) is 56.3 Å². The van der Waals surface area contributed by atoms with Crippen molar-refractivity contribution in [1.29, 1.82) is 0 Å². The van der Waals surface area contributed by atoms with E-state index in [0.29, 0.717) is 6.54 Å². The average Bonchev–Trinajstić information content (AvgIpc) is 2.79. The number of rotatable bonds is 8. The maximum Gasteiger partial charge on any atom is 0.216 e. The Balaban J connectivity index is 0.00000264. The highest BCUT2D eigenvalue weighted by atomic mass is 35.5. The maximum absolute atomic E-state index is 5.77. The zero-order valence-corrected chi connectivity index (χ0v) is 15.0. The molecule has 0 aliphatic rings. The van der Waals surface area contributed by atoms with Crippen LogP contribution in [0.25, 0.3) is 0 Å². The van der Waals surface area contributed by atoms with E-state index in [-0.39, 0.29) is 12.4 Å². The van der Waals surface area contributed by atoms with Crippen LogP contribution in [0.2, 0.25) is 0 Å². The molecule has 0 atom stereocenters. The normalized spacial score (nSPS) is 10.7. The summed E-state index contributed by atoms with van der Waals surface area (Å²) in [7, 11) is 3.60. The lowest BCUT2D eigenvalue weighted by Gasteiger charge is -2.22. The van der Waals surface area contributed by atoms with E-state index in [2.05, 4.69) is 34.3 Å². The van der Waals surface area contributed by atoms with Crippen LogP contribution in [0.4, 0.5) is 0 Å². The molecule has 0 saturated carbocycles. The van der Waals surface area contributed by atoms with Gasteiger partial charge in [-0.1, -0.05) is 30.3 Å². The molecule has 0 radical (unpaired) electrons. The molecule has 2 N–H and O–H groups in total. The zero-order chi connectivity index (χ0) is 15.9.